The maximum Gasteiger partial charge on any atom is 0.153 e. The van der Waals surface area contributed by atoms with Crippen LogP contribution in [0.25, 0.3) is 0 Å². The molecular formula is C18H25BrO3. The van der Waals surface area contributed by atoms with Crippen LogP contribution in [0, 0.1) is 0 Å². The molecule has 0 N–H and O–H groups in total. The lowest BCUT2D eigenvalue weighted by molar-refractivity contribution is 0.112. The number of carbonyl (C=O) groups is 1. The van der Waals surface area contributed by atoms with Gasteiger partial charge in [0.05, 0.1) is 11.8 Å². The molecule has 2 atom stereocenters. The molecule has 22 heavy (non-hydrogen) atoms. The lowest BCUT2D eigenvalue weighted by Crippen LogP contribution is -2.15. The number of aldehydes is 1. The Morgan fingerprint density at radius 2 is 1.95 bits per heavy atom. The van der Waals surface area contributed by atoms with E-state index in [1.807, 2.05) is 39.0 Å². The molecule has 0 aliphatic rings. The normalized spacial score (nSPS) is 14.6. The second-order valence-electron chi connectivity index (χ2n) is 5.84. The summed E-state index contributed by atoms with van der Waals surface area (Å²) in [6.45, 7) is 10.6. The molecule has 3 nitrogen and oxygen atoms in total. The third kappa shape index (κ3) is 5.84. The predicted molar refractivity (Wildman–Crippen MR) is 94.1 cm³/mol. The van der Waals surface area contributed by atoms with Crippen molar-refractivity contribution in [1.82, 2.24) is 0 Å². The molecule has 0 aromatic heterocycles. The quantitative estimate of drug-likeness (QED) is 0.364. The van der Waals surface area contributed by atoms with Crippen LogP contribution in [0.4, 0.5) is 0 Å². The molecule has 0 saturated carbocycles. The summed E-state index contributed by atoms with van der Waals surface area (Å²) < 4.78 is 11.4. The van der Waals surface area contributed by atoms with Crippen molar-refractivity contribution in [3.05, 3.63) is 41.2 Å². The van der Waals surface area contributed by atoms with E-state index in [1.54, 1.807) is 6.26 Å². The highest BCUT2D eigenvalue weighted by Crippen LogP contribution is 2.24. The first-order chi connectivity index (χ1) is 10.3. The van der Waals surface area contributed by atoms with Crippen LogP contribution in [-0.4, -0.2) is 23.8 Å². The summed E-state index contributed by atoms with van der Waals surface area (Å²) >= 11 is 3.48. The van der Waals surface area contributed by atoms with Crippen molar-refractivity contribution < 1.29 is 14.3 Å². The fourth-order valence-electron chi connectivity index (χ4n) is 1.69. The van der Waals surface area contributed by atoms with Crippen molar-refractivity contribution >= 4 is 22.2 Å². The summed E-state index contributed by atoms with van der Waals surface area (Å²) in [6.07, 6.45) is 2.63. The van der Waals surface area contributed by atoms with Crippen LogP contribution >= 0.6 is 15.9 Å². The maximum atomic E-state index is 11.1. The fraction of sp³-hybridized carbons (Fsp3) is 0.500. The Kier molecular flexibility index (Phi) is 7.66. The Bertz CT molecular complexity index is 521. The van der Waals surface area contributed by atoms with Gasteiger partial charge in [-0.1, -0.05) is 35.8 Å². The van der Waals surface area contributed by atoms with Crippen molar-refractivity contribution in [1.29, 1.82) is 0 Å². The minimum absolute atomic E-state index is 0.0877. The molecular weight excluding hydrogens is 344 g/mol. The van der Waals surface area contributed by atoms with E-state index in [0.717, 1.165) is 17.4 Å². The molecule has 0 heterocycles. The average Bonchev–Trinajstić information content (AvgIpc) is 2.49. The summed E-state index contributed by atoms with van der Waals surface area (Å²) in [7, 11) is 0. The maximum absolute atomic E-state index is 11.1. The van der Waals surface area contributed by atoms with Crippen molar-refractivity contribution in [3.8, 4) is 5.75 Å². The molecule has 4 heteroatoms. The average molecular weight is 369 g/mol. The molecule has 0 aliphatic carbocycles. The highest BCUT2D eigenvalue weighted by Gasteiger charge is 2.09. The van der Waals surface area contributed by atoms with Crippen LogP contribution in [0.1, 0.15) is 56.5 Å². The number of alkyl halides is 1. The Morgan fingerprint density at radius 1 is 1.27 bits per heavy atom. The third-order valence-corrected chi connectivity index (χ3v) is 4.16. The van der Waals surface area contributed by atoms with Gasteiger partial charge in [0.25, 0.3) is 0 Å². The number of carbonyl (C=O) groups excluding carboxylic acids is 1. The lowest BCUT2D eigenvalue weighted by atomic mass is 10.0. The van der Waals surface area contributed by atoms with Crippen LogP contribution in [-0.2, 0) is 4.74 Å². The van der Waals surface area contributed by atoms with E-state index in [0.29, 0.717) is 23.8 Å². The molecule has 0 aliphatic heterocycles. The second kappa shape index (κ2) is 8.99. The molecule has 0 spiro atoms. The number of benzene rings is 1. The molecule has 0 radical (unpaired) electrons. The standard InChI is InChI=1S/C18H25BrO3/c1-12(2)16-6-7-17(9-20)18(8-16)22-11-13(3)10-21-15(5)14(4)19/h6-10,12,14-15H,11H2,1-5H3/b13-10+/t14?,15-/m1/s1. The monoisotopic (exact) mass is 368 g/mol. The molecule has 0 fully saturated rings. The van der Waals surface area contributed by atoms with Gasteiger partial charge in [-0.15, -0.1) is 0 Å². The van der Waals surface area contributed by atoms with Crippen LogP contribution in [0.15, 0.2) is 30.0 Å². The van der Waals surface area contributed by atoms with Gasteiger partial charge in [-0.2, -0.15) is 0 Å². The van der Waals surface area contributed by atoms with E-state index < -0.39 is 0 Å². The Balaban J connectivity index is 2.72. The van der Waals surface area contributed by atoms with E-state index in [2.05, 4.69) is 29.8 Å². The highest BCUT2D eigenvalue weighted by molar-refractivity contribution is 9.09. The number of hydrogen-bond donors (Lipinski definition) is 0. The van der Waals surface area contributed by atoms with E-state index >= 15 is 0 Å². The summed E-state index contributed by atoms with van der Waals surface area (Å²) in [5, 5.41) is 0. The van der Waals surface area contributed by atoms with Gasteiger partial charge in [-0.25, -0.2) is 0 Å². The first-order valence-corrected chi connectivity index (χ1v) is 8.43. The van der Waals surface area contributed by atoms with Crippen LogP contribution in [0.3, 0.4) is 0 Å². The molecule has 1 rings (SSSR count). The lowest BCUT2D eigenvalue weighted by Gasteiger charge is -2.15. The second-order valence-corrected chi connectivity index (χ2v) is 7.29. The van der Waals surface area contributed by atoms with Crippen molar-refractivity contribution in [2.75, 3.05) is 6.61 Å². The zero-order valence-corrected chi connectivity index (χ0v) is 15.5. The smallest absolute Gasteiger partial charge is 0.153 e. The van der Waals surface area contributed by atoms with Gasteiger partial charge in [0.15, 0.2) is 6.29 Å². The Labute approximate surface area is 141 Å². The van der Waals surface area contributed by atoms with Crippen LogP contribution in [0.2, 0.25) is 0 Å². The SMILES string of the molecule is C/C(=C\O[C@H](C)C(C)Br)COc1cc(C(C)C)ccc1C=O. The predicted octanol–water partition coefficient (Wildman–Crippen LogP) is 5.09. The minimum atomic E-state index is 0.0877. The van der Waals surface area contributed by atoms with Gasteiger partial charge < -0.3 is 9.47 Å². The van der Waals surface area contributed by atoms with Crippen molar-refractivity contribution in [2.45, 2.75) is 51.5 Å². The largest absolute Gasteiger partial charge is 0.497 e. The summed E-state index contributed by atoms with van der Waals surface area (Å²) in [5.74, 6) is 1.01. The van der Waals surface area contributed by atoms with Gasteiger partial charge >= 0.3 is 0 Å². The molecule has 122 valence electrons. The van der Waals surface area contributed by atoms with Gasteiger partial charge in [-0.3, -0.25) is 4.79 Å². The van der Waals surface area contributed by atoms with Crippen LogP contribution in [0.5, 0.6) is 5.75 Å². The molecule has 0 saturated heterocycles. The highest BCUT2D eigenvalue weighted by atomic mass is 79.9. The number of halogens is 1. The van der Waals surface area contributed by atoms with E-state index in [1.165, 1.54) is 0 Å². The van der Waals surface area contributed by atoms with Gasteiger partial charge in [-0.05, 0) is 50.0 Å². The van der Waals surface area contributed by atoms with Crippen LogP contribution < -0.4 is 4.74 Å². The number of ether oxygens (including phenoxy) is 2. The van der Waals surface area contributed by atoms with Crippen molar-refractivity contribution in [2.24, 2.45) is 0 Å². The number of hydrogen-bond acceptors (Lipinski definition) is 3. The fourth-order valence-corrected chi connectivity index (χ4v) is 1.81. The third-order valence-electron chi connectivity index (χ3n) is 3.42. The van der Waals surface area contributed by atoms with E-state index in [4.69, 9.17) is 9.47 Å². The van der Waals surface area contributed by atoms with Crippen molar-refractivity contribution in [3.63, 3.8) is 0 Å². The molecule has 0 amide bonds. The van der Waals surface area contributed by atoms with Gasteiger partial charge in [0.1, 0.15) is 18.5 Å². The zero-order chi connectivity index (χ0) is 16.7. The van der Waals surface area contributed by atoms with E-state index in [-0.39, 0.29) is 10.9 Å². The minimum Gasteiger partial charge on any atom is -0.497 e. The topological polar surface area (TPSA) is 35.5 Å². The van der Waals surface area contributed by atoms with Gasteiger partial charge in [0, 0.05) is 4.83 Å². The van der Waals surface area contributed by atoms with E-state index in [9.17, 15) is 4.79 Å². The Hall–Kier alpha value is -1.29. The molecule has 1 aromatic rings. The molecule has 1 aromatic carbocycles. The molecule has 0 bridgehead atoms. The number of rotatable bonds is 8. The first kappa shape index (κ1) is 18.8. The van der Waals surface area contributed by atoms with Gasteiger partial charge in [0.2, 0.25) is 0 Å². The summed E-state index contributed by atoms with van der Waals surface area (Å²) in [5.41, 5.74) is 2.69. The Morgan fingerprint density at radius 3 is 2.50 bits per heavy atom. The zero-order valence-electron chi connectivity index (χ0n) is 13.9. The summed E-state index contributed by atoms with van der Waals surface area (Å²) in [4.78, 5) is 11.4. The summed E-state index contributed by atoms with van der Waals surface area (Å²) in [6, 6.07) is 5.71. The first-order valence-electron chi connectivity index (χ1n) is 7.52. The molecule has 1 unspecified atom stereocenters.